The van der Waals surface area contributed by atoms with Gasteiger partial charge in [0.2, 0.25) is 0 Å². The Labute approximate surface area is 124 Å². The number of esters is 1. The molecule has 0 aliphatic heterocycles. The predicted octanol–water partition coefficient (Wildman–Crippen LogP) is 0.564. The first-order valence-electron chi connectivity index (χ1n) is 6.29. The molecule has 1 rings (SSSR count). The fourth-order valence-electron chi connectivity index (χ4n) is 1.64. The second kappa shape index (κ2) is 7.39. The van der Waals surface area contributed by atoms with Gasteiger partial charge in [-0.25, -0.2) is 0 Å². The van der Waals surface area contributed by atoms with Gasteiger partial charge in [-0.1, -0.05) is 12.1 Å². The zero-order valence-electron chi connectivity index (χ0n) is 12.3. The molecule has 0 aliphatic carbocycles. The third kappa shape index (κ3) is 5.00. The minimum Gasteiger partial charge on any atom is -0.508 e. The van der Waals surface area contributed by atoms with E-state index in [2.05, 4.69) is 4.74 Å². The van der Waals surface area contributed by atoms with Crippen LogP contribution in [0.3, 0.4) is 0 Å². The van der Waals surface area contributed by atoms with Crippen molar-refractivity contribution in [3.05, 3.63) is 29.8 Å². The minimum atomic E-state index is -3.65. The van der Waals surface area contributed by atoms with Crippen LogP contribution in [-0.4, -0.2) is 55.9 Å². The highest BCUT2D eigenvalue weighted by Crippen LogP contribution is 2.14. The van der Waals surface area contributed by atoms with Gasteiger partial charge in [0.1, 0.15) is 5.75 Å². The molecule has 0 saturated heterocycles. The zero-order valence-corrected chi connectivity index (χ0v) is 13.1. The van der Waals surface area contributed by atoms with Crippen LogP contribution in [0, 0.1) is 0 Å². The molecule has 1 N–H and O–H groups in total. The fourth-order valence-corrected chi connectivity index (χ4v) is 2.75. The Balaban J connectivity index is 2.67. The van der Waals surface area contributed by atoms with Gasteiger partial charge in [-0.3, -0.25) is 4.79 Å². The molecule has 0 spiro atoms. The van der Waals surface area contributed by atoms with E-state index in [4.69, 9.17) is 0 Å². The van der Waals surface area contributed by atoms with Crippen molar-refractivity contribution in [2.24, 2.45) is 0 Å². The maximum absolute atomic E-state index is 12.3. The second-order valence-electron chi connectivity index (χ2n) is 4.58. The lowest BCUT2D eigenvalue weighted by atomic mass is 10.2. The molecule has 0 radical (unpaired) electrons. The van der Waals surface area contributed by atoms with E-state index in [9.17, 15) is 18.3 Å². The van der Waals surface area contributed by atoms with Crippen molar-refractivity contribution in [2.75, 3.05) is 27.7 Å². The van der Waals surface area contributed by atoms with Crippen LogP contribution in [0.25, 0.3) is 0 Å². The van der Waals surface area contributed by atoms with Gasteiger partial charge in [-0.05, 0) is 17.7 Å². The van der Waals surface area contributed by atoms with Gasteiger partial charge in [0.05, 0.1) is 13.5 Å². The Morgan fingerprint density at radius 3 is 2.29 bits per heavy atom. The molecule has 21 heavy (non-hydrogen) atoms. The molecule has 0 aromatic heterocycles. The van der Waals surface area contributed by atoms with E-state index < -0.39 is 16.2 Å². The van der Waals surface area contributed by atoms with Crippen molar-refractivity contribution in [2.45, 2.75) is 13.0 Å². The summed E-state index contributed by atoms with van der Waals surface area (Å²) in [4.78, 5) is 11.1. The van der Waals surface area contributed by atoms with Crippen LogP contribution in [0.1, 0.15) is 12.0 Å². The summed E-state index contributed by atoms with van der Waals surface area (Å²) in [7, 11) is 0.466. The highest BCUT2D eigenvalue weighted by atomic mass is 32.2. The van der Waals surface area contributed by atoms with Crippen molar-refractivity contribution >= 4 is 16.2 Å². The molecule has 8 heteroatoms. The summed E-state index contributed by atoms with van der Waals surface area (Å²) in [5.41, 5.74) is 0.750. The molecule has 1 aromatic carbocycles. The first kappa shape index (κ1) is 17.4. The highest BCUT2D eigenvalue weighted by Gasteiger charge is 2.24. The Morgan fingerprint density at radius 2 is 1.76 bits per heavy atom. The SMILES string of the molecule is COC(=O)CCN(C)S(=O)(=O)N(C)Cc1ccc(O)cc1. The Morgan fingerprint density at radius 1 is 1.19 bits per heavy atom. The molecular formula is C13H20N2O5S. The van der Waals surface area contributed by atoms with Crippen LogP contribution in [0.4, 0.5) is 0 Å². The fraction of sp³-hybridized carbons (Fsp3) is 0.462. The second-order valence-corrected chi connectivity index (χ2v) is 6.72. The van der Waals surface area contributed by atoms with E-state index in [1.807, 2.05) is 0 Å². The van der Waals surface area contributed by atoms with Crippen molar-refractivity contribution < 1.29 is 23.1 Å². The summed E-state index contributed by atoms with van der Waals surface area (Å²) < 4.78 is 31.3. The Kier molecular flexibility index (Phi) is 6.13. The number of aromatic hydroxyl groups is 1. The van der Waals surface area contributed by atoms with E-state index in [-0.39, 0.29) is 25.3 Å². The molecule has 0 bridgehead atoms. The van der Waals surface area contributed by atoms with Crippen LogP contribution >= 0.6 is 0 Å². The number of methoxy groups -OCH3 is 1. The maximum Gasteiger partial charge on any atom is 0.306 e. The van der Waals surface area contributed by atoms with Crippen LogP contribution in [0.5, 0.6) is 5.75 Å². The summed E-state index contributed by atoms with van der Waals surface area (Å²) in [5.74, 6) is -0.335. The number of rotatable bonds is 7. The summed E-state index contributed by atoms with van der Waals surface area (Å²) in [5, 5.41) is 9.20. The zero-order chi connectivity index (χ0) is 16.0. The molecule has 0 amide bonds. The van der Waals surface area contributed by atoms with E-state index in [1.54, 1.807) is 12.1 Å². The highest BCUT2D eigenvalue weighted by molar-refractivity contribution is 7.86. The first-order chi connectivity index (χ1) is 9.77. The Bertz CT molecular complexity index is 571. The van der Waals surface area contributed by atoms with E-state index >= 15 is 0 Å². The first-order valence-corrected chi connectivity index (χ1v) is 7.69. The van der Waals surface area contributed by atoms with Crippen molar-refractivity contribution in [1.29, 1.82) is 0 Å². The molecule has 118 valence electrons. The normalized spacial score (nSPS) is 11.9. The molecule has 7 nitrogen and oxygen atoms in total. The van der Waals surface area contributed by atoms with Gasteiger partial charge in [0.15, 0.2) is 0 Å². The van der Waals surface area contributed by atoms with Crippen molar-refractivity contribution in [3.63, 3.8) is 0 Å². The predicted molar refractivity (Wildman–Crippen MR) is 77.8 cm³/mol. The number of nitrogens with zero attached hydrogens (tertiary/aromatic N) is 2. The number of phenols is 1. The topological polar surface area (TPSA) is 87.2 Å². The van der Waals surface area contributed by atoms with Gasteiger partial charge in [-0.15, -0.1) is 0 Å². The van der Waals surface area contributed by atoms with E-state index in [1.165, 1.54) is 37.6 Å². The van der Waals surface area contributed by atoms with Crippen LogP contribution in [0.2, 0.25) is 0 Å². The summed E-state index contributed by atoms with van der Waals surface area (Å²) in [6, 6.07) is 6.29. The molecule has 0 unspecified atom stereocenters. The maximum atomic E-state index is 12.3. The van der Waals surface area contributed by atoms with Gasteiger partial charge in [0, 0.05) is 27.2 Å². The molecule has 0 fully saturated rings. The number of phenolic OH excluding ortho intramolecular Hbond substituents is 1. The van der Waals surface area contributed by atoms with Crippen LogP contribution in [-0.2, 0) is 26.3 Å². The van der Waals surface area contributed by atoms with E-state index in [0.29, 0.717) is 0 Å². The van der Waals surface area contributed by atoms with Crippen LogP contribution < -0.4 is 0 Å². The number of carbonyl (C=O) groups excluding carboxylic acids is 1. The monoisotopic (exact) mass is 316 g/mol. The lowest BCUT2D eigenvalue weighted by Gasteiger charge is -2.24. The molecule has 1 aromatic rings. The third-order valence-corrected chi connectivity index (χ3v) is 4.87. The molecular weight excluding hydrogens is 296 g/mol. The number of hydrogen-bond donors (Lipinski definition) is 1. The van der Waals surface area contributed by atoms with Crippen molar-refractivity contribution in [1.82, 2.24) is 8.61 Å². The summed E-state index contributed by atoms with van der Waals surface area (Å²) in [6.45, 7) is 0.222. The minimum absolute atomic E-state index is 0.000715. The molecule has 0 aliphatic rings. The standard InChI is InChI=1S/C13H20N2O5S/c1-14(9-8-13(17)20-3)21(18,19)15(2)10-11-4-6-12(16)7-5-11/h4-7,16H,8-10H2,1-3H3. The molecule has 0 saturated carbocycles. The summed E-state index contributed by atoms with van der Waals surface area (Å²) >= 11 is 0. The molecule has 0 heterocycles. The smallest absolute Gasteiger partial charge is 0.306 e. The average Bonchev–Trinajstić information content (AvgIpc) is 2.46. The molecule has 0 atom stereocenters. The van der Waals surface area contributed by atoms with Crippen LogP contribution in [0.15, 0.2) is 24.3 Å². The number of carbonyl (C=O) groups is 1. The quantitative estimate of drug-likeness (QED) is 0.743. The summed E-state index contributed by atoms with van der Waals surface area (Å²) in [6.07, 6.45) is -0.000715. The third-order valence-electron chi connectivity index (χ3n) is 2.99. The van der Waals surface area contributed by atoms with Gasteiger partial charge >= 0.3 is 5.97 Å². The average molecular weight is 316 g/mol. The number of benzene rings is 1. The number of hydrogen-bond acceptors (Lipinski definition) is 5. The largest absolute Gasteiger partial charge is 0.508 e. The lowest BCUT2D eigenvalue weighted by Crippen LogP contribution is -2.40. The van der Waals surface area contributed by atoms with Gasteiger partial charge < -0.3 is 9.84 Å². The Hall–Kier alpha value is -1.64. The number of ether oxygens (including phenoxy) is 1. The lowest BCUT2D eigenvalue weighted by molar-refractivity contribution is -0.140. The van der Waals surface area contributed by atoms with E-state index in [0.717, 1.165) is 9.87 Å². The van der Waals surface area contributed by atoms with Crippen molar-refractivity contribution in [3.8, 4) is 5.75 Å². The van der Waals surface area contributed by atoms with Gasteiger partial charge in [0.25, 0.3) is 10.2 Å². The van der Waals surface area contributed by atoms with Gasteiger partial charge in [-0.2, -0.15) is 17.0 Å².